The van der Waals surface area contributed by atoms with Crippen LogP contribution < -0.4 is 10.6 Å². The average Bonchev–Trinajstić information content (AvgIpc) is 2.88. The molecular formula is C30H52N2O5. The summed E-state index contributed by atoms with van der Waals surface area (Å²) in [6, 6.07) is 1.27. The summed E-state index contributed by atoms with van der Waals surface area (Å²) in [4.78, 5) is 29.2. The molecule has 0 saturated heterocycles. The molecule has 0 aromatic rings. The predicted octanol–water partition coefficient (Wildman–Crippen LogP) is 5.63. The van der Waals surface area contributed by atoms with Crippen LogP contribution in [0.25, 0.3) is 0 Å². The van der Waals surface area contributed by atoms with Crippen molar-refractivity contribution in [2.45, 2.75) is 128 Å². The first-order chi connectivity index (χ1) is 17.8. The van der Waals surface area contributed by atoms with Gasteiger partial charge in [0, 0.05) is 24.0 Å². The van der Waals surface area contributed by atoms with Gasteiger partial charge in [-0.3, -0.25) is 14.8 Å². The van der Waals surface area contributed by atoms with Gasteiger partial charge in [0.15, 0.2) is 0 Å². The van der Waals surface area contributed by atoms with E-state index in [0.717, 1.165) is 43.4 Å². The number of carbonyl (C=O) groups excluding carboxylic acids is 1. The lowest BCUT2D eigenvalue weighted by molar-refractivity contribution is -0.254. The first-order valence-corrected chi connectivity index (χ1v) is 15.4. The topological polar surface area (TPSA) is 108 Å². The van der Waals surface area contributed by atoms with Crippen molar-refractivity contribution >= 4 is 11.9 Å². The third-order valence-electron chi connectivity index (χ3n) is 10.5. The lowest BCUT2D eigenvalue weighted by Gasteiger charge is -2.40. The Morgan fingerprint density at radius 1 is 0.757 bits per heavy atom. The maximum Gasteiger partial charge on any atom is 0.307 e. The van der Waals surface area contributed by atoms with Crippen LogP contribution in [-0.4, -0.2) is 47.0 Å². The van der Waals surface area contributed by atoms with Crippen LogP contribution in [0.15, 0.2) is 0 Å². The first-order valence-electron chi connectivity index (χ1n) is 15.4. The summed E-state index contributed by atoms with van der Waals surface area (Å²) in [5, 5.41) is 25.8. The quantitative estimate of drug-likeness (QED) is 0.232. The molecule has 4 saturated carbocycles. The number of nitrogens with one attached hydrogen (secondary N) is 2. The molecule has 0 aromatic carbocycles. The van der Waals surface area contributed by atoms with Crippen molar-refractivity contribution in [3.05, 3.63) is 0 Å². The van der Waals surface area contributed by atoms with E-state index in [0.29, 0.717) is 43.4 Å². The number of hydrogen-bond acceptors (Lipinski definition) is 5. The van der Waals surface area contributed by atoms with Crippen molar-refractivity contribution in [1.29, 1.82) is 0 Å². The predicted molar refractivity (Wildman–Crippen MR) is 144 cm³/mol. The molecule has 212 valence electrons. The standard InChI is InChI=1S/C30H52N2O5/c1-19-4-14-26(30(34)35)27(15-19)29(33)32-25-12-7-22(8-13-25)17-21-5-10-24(11-6-21)31-28-16-20(2)3-9-23(28)18-37-36/h19-28,31,36H,3-18H2,1-2H3,(H,32,33)(H,34,35). The monoisotopic (exact) mass is 520 g/mol. The average molecular weight is 521 g/mol. The molecular weight excluding hydrogens is 468 g/mol. The van der Waals surface area contributed by atoms with Gasteiger partial charge in [-0.25, -0.2) is 4.89 Å². The van der Waals surface area contributed by atoms with Crippen LogP contribution in [-0.2, 0) is 14.5 Å². The van der Waals surface area contributed by atoms with Gasteiger partial charge >= 0.3 is 5.97 Å². The molecule has 4 aliphatic carbocycles. The van der Waals surface area contributed by atoms with E-state index >= 15 is 0 Å². The second-order valence-corrected chi connectivity index (χ2v) is 13.4. The molecule has 7 heteroatoms. The molecule has 4 fully saturated rings. The second kappa shape index (κ2) is 13.7. The van der Waals surface area contributed by atoms with Crippen molar-refractivity contribution in [3.63, 3.8) is 0 Å². The van der Waals surface area contributed by atoms with Crippen LogP contribution in [0.2, 0.25) is 0 Å². The highest BCUT2D eigenvalue weighted by Crippen LogP contribution is 2.38. The van der Waals surface area contributed by atoms with Crippen molar-refractivity contribution in [2.75, 3.05) is 6.61 Å². The number of carboxylic acid groups (broad SMARTS) is 1. The van der Waals surface area contributed by atoms with E-state index in [-0.39, 0.29) is 17.9 Å². The van der Waals surface area contributed by atoms with Gasteiger partial charge in [-0.2, -0.15) is 0 Å². The zero-order valence-electron chi connectivity index (χ0n) is 23.2. The molecule has 0 bridgehead atoms. The summed E-state index contributed by atoms with van der Waals surface area (Å²) in [6.07, 6.45) is 16.6. The Labute approximate surface area is 223 Å². The number of amides is 1. The highest BCUT2D eigenvalue weighted by atomic mass is 17.1. The molecule has 4 N–H and O–H groups in total. The normalized spacial score (nSPS) is 41.2. The molecule has 4 rings (SSSR count). The van der Waals surface area contributed by atoms with Gasteiger partial charge in [-0.1, -0.05) is 20.3 Å². The summed E-state index contributed by atoms with van der Waals surface area (Å²) in [5.41, 5.74) is 0. The molecule has 1 amide bonds. The zero-order valence-corrected chi connectivity index (χ0v) is 23.2. The van der Waals surface area contributed by atoms with Gasteiger partial charge in [-0.15, -0.1) is 0 Å². The van der Waals surface area contributed by atoms with E-state index in [1.165, 1.54) is 57.8 Å². The largest absolute Gasteiger partial charge is 0.481 e. The minimum Gasteiger partial charge on any atom is -0.481 e. The van der Waals surface area contributed by atoms with E-state index in [1.807, 2.05) is 0 Å². The molecule has 0 aromatic heterocycles. The molecule has 0 radical (unpaired) electrons. The van der Waals surface area contributed by atoms with Gasteiger partial charge in [-0.05, 0) is 114 Å². The lowest BCUT2D eigenvalue weighted by atomic mass is 9.73. The molecule has 6 unspecified atom stereocenters. The molecule has 6 atom stereocenters. The number of carboxylic acids is 1. The van der Waals surface area contributed by atoms with E-state index in [1.54, 1.807) is 0 Å². The van der Waals surface area contributed by atoms with Crippen LogP contribution in [0, 0.1) is 41.4 Å². The number of rotatable bonds is 9. The van der Waals surface area contributed by atoms with Crippen LogP contribution in [0.5, 0.6) is 0 Å². The Hall–Kier alpha value is -1.18. The fourth-order valence-corrected chi connectivity index (χ4v) is 8.10. The Bertz CT molecular complexity index is 731. The van der Waals surface area contributed by atoms with Gasteiger partial charge < -0.3 is 15.7 Å². The van der Waals surface area contributed by atoms with Gasteiger partial charge in [0.25, 0.3) is 0 Å². The van der Waals surface area contributed by atoms with E-state index < -0.39 is 11.9 Å². The lowest BCUT2D eigenvalue weighted by Crippen LogP contribution is -2.48. The third-order valence-corrected chi connectivity index (χ3v) is 10.5. The van der Waals surface area contributed by atoms with Crippen LogP contribution >= 0.6 is 0 Å². The maximum atomic E-state index is 13.0. The minimum absolute atomic E-state index is 0.0200. The molecule has 0 heterocycles. The number of aliphatic carboxylic acids is 1. The molecule has 37 heavy (non-hydrogen) atoms. The van der Waals surface area contributed by atoms with Gasteiger partial charge in [0.1, 0.15) is 0 Å². The smallest absolute Gasteiger partial charge is 0.307 e. The highest BCUT2D eigenvalue weighted by Gasteiger charge is 2.39. The van der Waals surface area contributed by atoms with Crippen molar-refractivity contribution in [3.8, 4) is 0 Å². The van der Waals surface area contributed by atoms with Crippen LogP contribution in [0.1, 0.15) is 110 Å². The Morgan fingerprint density at radius 3 is 1.97 bits per heavy atom. The summed E-state index contributed by atoms with van der Waals surface area (Å²) >= 11 is 0. The Balaban J connectivity index is 1.15. The minimum atomic E-state index is -0.812. The van der Waals surface area contributed by atoms with Crippen molar-refractivity contribution < 1.29 is 24.8 Å². The second-order valence-electron chi connectivity index (χ2n) is 13.4. The highest BCUT2D eigenvalue weighted by molar-refractivity contribution is 5.85. The van der Waals surface area contributed by atoms with Crippen LogP contribution in [0.3, 0.4) is 0 Å². The fourth-order valence-electron chi connectivity index (χ4n) is 8.10. The third kappa shape index (κ3) is 8.15. The summed E-state index contributed by atoms with van der Waals surface area (Å²) in [5.74, 6) is 1.44. The summed E-state index contributed by atoms with van der Waals surface area (Å²) in [6.45, 7) is 4.92. The van der Waals surface area contributed by atoms with Crippen LogP contribution in [0.4, 0.5) is 0 Å². The Morgan fingerprint density at radius 2 is 1.35 bits per heavy atom. The summed E-state index contributed by atoms with van der Waals surface area (Å²) in [7, 11) is 0. The van der Waals surface area contributed by atoms with Gasteiger partial charge in [0.2, 0.25) is 5.91 Å². The zero-order chi connectivity index (χ0) is 26.4. The van der Waals surface area contributed by atoms with Crippen molar-refractivity contribution in [1.82, 2.24) is 10.6 Å². The fraction of sp³-hybridized carbons (Fsp3) is 0.933. The number of carbonyl (C=O) groups is 2. The van der Waals surface area contributed by atoms with Gasteiger partial charge in [0.05, 0.1) is 18.4 Å². The van der Waals surface area contributed by atoms with E-state index in [4.69, 9.17) is 5.26 Å². The SMILES string of the molecule is CC1CCC(COO)C(NC2CCC(CC3CCC(NC(=O)C4CC(C)CCC4C(=O)O)CC3)CC2)C1. The molecule has 4 aliphatic rings. The number of hydrogen-bond donors (Lipinski definition) is 4. The van der Waals surface area contributed by atoms with Crippen molar-refractivity contribution in [2.24, 2.45) is 41.4 Å². The Kier molecular flexibility index (Phi) is 10.7. The maximum absolute atomic E-state index is 13.0. The first kappa shape index (κ1) is 28.8. The summed E-state index contributed by atoms with van der Waals surface area (Å²) < 4.78 is 0. The van der Waals surface area contributed by atoms with E-state index in [2.05, 4.69) is 29.4 Å². The van der Waals surface area contributed by atoms with E-state index in [9.17, 15) is 14.7 Å². The molecule has 0 aliphatic heterocycles. The molecule has 0 spiro atoms. The molecule has 7 nitrogen and oxygen atoms in total.